The van der Waals surface area contributed by atoms with Crippen molar-refractivity contribution in [3.05, 3.63) is 21.3 Å². The highest BCUT2D eigenvalue weighted by Crippen LogP contribution is 2.28. The number of rotatable bonds is 3. The van der Waals surface area contributed by atoms with Crippen LogP contribution in [0.25, 0.3) is 0 Å². The predicted molar refractivity (Wildman–Crippen MR) is 85.5 cm³/mol. The van der Waals surface area contributed by atoms with E-state index >= 15 is 0 Å². The summed E-state index contributed by atoms with van der Waals surface area (Å²) >= 11 is 7.41. The first-order valence-electron chi connectivity index (χ1n) is 7.59. The van der Waals surface area contributed by atoms with Crippen molar-refractivity contribution >= 4 is 34.9 Å². The summed E-state index contributed by atoms with van der Waals surface area (Å²) in [6.45, 7) is 3.85. The lowest BCUT2D eigenvalue weighted by Gasteiger charge is -2.37. The Kier molecular flexibility index (Phi) is 4.59. The Hall–Kier alpha value is -1.27. The van der Waals surface area contributed by atoms with E-state index in [-0.39, 0.29) is 24.1 Å². The smallest absolute Gasteiger partial charge is 0.410 e. The van der Waals surface area contributed by atoms with Crippen molar-refractivity contribution in [2.24, 2.45) is 0 Å². The quantitative estimate of drug-likeness (QED) is 0.847. The third kappa shape index (κ3) is 2.82. The summed E-state index contributed by atoms with van der Waals surface area (Å²) in [6.07, 6.45) is 2.27. The van der Waals surface area contributed by atoms with E-state index in [0.29, 0.717) is 29.6 Å². The van der Waals surface area contributed by atoms with Gasteiger partial charge in [0.25, 0.3) is 5.91 Å². The fourth-order valence-corrected chi connectivity index (χ4v) is 4.27. The molecule has 120 valence electrons. The van der Waals surface area contributed by atoms with Crippen LogP contribution in [-0.2, 0) is 4.74 Å². The third-order valence-corrected chi connectivity index (χ3v) is 5.76. The van der Waals surface area contributed by atoms with Crippen LogP contribution in [0.1, 0.15) is 35.9 Å². The van der Waals surface area contributed by atoms with Gasteiger partial charge in [0.05, 0.1) is 11.1 Å². The van der Waals surface area contributed by atoms with Crippen LogP contribution in [-0.4, -0.2) is 53.6 Å². The first-order chi connectivity index (χ1) is 10.6. The fourth-order valence-electron chi connectivity index (χ4n) is 3.17. The molecular weight excluding hydrogens is 324 g/mol. The highest BCUT2D eigenvalue weighted by molar-refractivity contribution is 7.12. The van der Waals surface area contributed by atoms with Gasteiger partial charge in [0.15, 0.2) is 0 Å². The summed E-state index contributed by atoms with van der Waals surface area (Å²) in [5.74, 6) is -0.00510. The van der Waals surface area contributed by atoms with E-state index in [2.05, 4.69) is 6.92 Å². The van der Waals surface area contributed by atoms with Gasteiger partial charge >= 0.3 is 6.09 Å². The number of hydrogen-bond acceptors (Lipinski definition) is 4. The SMILES string of the molecule is CCC1COC(=O)N1C1CCN(C(=O)c2sccc2Cl)CC1. The molecule has 0 N–H and O–H groups in total. The minimum atomic E-state index is -0.210. The lowest BCUT2D eigenvalue weighted by molar-refractivity contribution is 0.0640. The molecule has 0 radical (unpaired) electrons. The predicted octanol–water partition coefficient (Wildman–Crippen LogP) is 3.24. The molecule has 2 saturated heterocycles. The van der Waals surface area contributed by atoms with E-state index in [0.717, 1.165) is 19.3 Å². The Morgan fingerprint density at radius 2 is 2.18 bits per heavy atom. The highest BCUT2D eigenvalue weighted by Gasteiger charge is 2.39. The molecule has 3 heterocycles. The van der Waals surface area contributed by atoms with Crippen molar-refractivity contribution in [3.63, 3.8) is 0 Å². The normalized spacial score (nSPS) is 23.0. The molecule has 0 aliphatic carbocycles. The second kappa shape index (κ2) is 6.46. The molecule has 0 bridgehead atoms. The molecule has 1 aromatic heterocycles. The molecule has 2 aliphatic heterocycles. The maximum Gasteiger partial charge on any atom is 0.410 e. The topological polar surface area (TPSA) is 49.9 Å². The maximum atomic E-state index is 12.4. The zero-order valence-electron chi connectivity index (χ0n) is 12.5. The average molecular weight is 343 g/mol. The first kappa shape index (κ1) is 15.6. The Morgan fingerprint density at radius 1 is 1.45 bits per heavy atom. The average Bonchev–Trinajstić information content (AvgIpc) is 3.12. The van der Waals surface area contributed by atoms with Crippen LogP contribution in [0.5, 0.6) is 0 Å². The number of hydrogen-bond donors (Lipinski definition) is 0. The lowest BCUT2D eigenvalue weighted by Crippen LogP contribution is -2.49. The molecule has 3 rings (SSSR count). The number of halogens is 1. The number of carbonyl (C=O) groups excluding carboxylic acids is 2. The minimum Gasteiger partial charge on any atom is -0.447 e. The minimum absolute atomic E-state index is 0.00510. The number of nitrogens with zero attached hydrogens (tertiary/aromatic N) is 2. The van der Waals surface area contributed by atoms with Crippen molar-refractivity contribution in [2.75, 3.05) is 19.7 Å². The standard InChI is InChI=1S/C15H19ClN2O3S/c1-2-10-9-21-15(20)18(10)11-3-6-17(7-4-11)14(19)13-12(16)5-8-22-13/h5,8,10-11H,2-4,6-7,9H2,1H3. The van der Waals surface area contributed by atoms with Crippen LogP contribution in [0.2, 0.25) is 5.02 Å². The summed E-state index contributed by atoms with van der Waals surface area (Å²) in [5.41, 5.74) is 0. The summed E-state index contributed by atoms with van der Waals surface area (Å²) < 4.78 is 5.16. The summed E-state index contributed by atoms with van der Waals surface area (Å²) in [4.78, 5) is 28.6. The van der Waals surface area contributed by atoms with Gasteiger partial charge in [-0.05, 0) is 30.7 Å². The second-order valence-corrected chi connectivity index (χ2v) is 6.99. The van der Waals surface area contributed by atoms with E-state index in [1.807, 2.05) is 15.2 Å². The zero-order chi connectivity index (χ0) is 15.7. The lowest BCUT2D eigenvalue weighted by atomic mass is 10.0. The number of carbonyl (C=O) groups is 2. The Morgan fingerprint density at radius 3 is 2.77 bits per heavy atom. The van der Waals surface area contributed by atoms with E-state index in [4.69, 9.17) is 16.3 Å². The van der Waals surface area contributed by atoms with Crippen molar-refractivity contribution in [3.8, 4) is 0 Å². The van der Waals surface area contributed by atoms with E-state index < -0.39 is 0 Å². The third-order valence-electron chi connectivity index (χ3n) is 4.43. The molecule has 1 aromatic rings. The van der Waals surface area contributed by atoms with Gasteiger partial charge in [-0.3, -0.25) is 9.69 Å². The van der Waals surface area contributed by atoms with Crippen LogP contribution >= 0.6 is 22.9 Å². The number of piperidine rings is 1. The molecule has 2 aliphatic rings. The Balaban J connectivity index is 1.62. The summed E-state index contributed by atoms with van der Waals surface area (Å²) in [6, 6.07) is 2.09. The second-order valence-electron chi connectivity index (χ2n) is 5.67. The molecule has 2 fully saturated rings. The Bertz CT molecular complexity index is 569. The van der Waals surface area contributed by atoms with E-state index in [9.17, 15) is 9.59 Å². The number of ether oxygens (including phenoxy) is 1. The number of cyclic esters (lactones) is 1. The molecule has 1 unspecified atom stereocenters. The Labute approximate surface area is 138 Å². The van der Waals surface area contributed by atoms with Gasteiger partial charge in [-0.15, -0.1) is 11.3 Å². The van der Waals surface area contributed by atoms with Gasteiger partial charge in [-0.25, -0.2) is 4.79 Å². The largest absolute Gasteiger partial charge is 0.447 e. The van der Waals surface area contributed by atoms with Crippen LogP contribution < -0.4 is 0 Å². The molecule has 0 aromatic carbocycles. The maximum absolute atomic E-state index is 12.4. The van der Waals surface area contributed by atoms with Crippen molar-refractivity contribution in [2.45, 2.75) is 38.3 Å². The molecule has 0 spiro atoms. The highest BCUT2D eigenvalue weighted by atomic mass is 35.5. The van der Waals surface area contributed by atoms with Crippen LogP contribution in [0.15, 0.2) is 11.4 Å². The van der Waals surface area contributed by atoms with E-state index in [1.165, 1.54) is 11.3 Å². The number of amides is 2. The molecule has 0 saturated carbocycles. The molecule has 2 amide bonds. The van der Waals surface area contributed by atoms with Gasteiger partial charge in [-0.1, -0.05) is 18.5 Å². The summed E-state index contributed by atoms with van der Waals surface area (Å²) in [7, 11) is 0. The first-order valence-corrected chi connectivity index (χ1v) is 8.85. The van der Waals surface area contributed by atoms with Crippen LogP contribution in [0.3, 0.4) is 0 Å². The van der Waals surface area contributed by atoms with Crippen molar-refractivity contribution in [1.82, 2.24) is 9.80 Å². The number of thiophene rings is 1. The number of likely N-dealkylation sites (tertiary alicyclic amines) is 1. The molecule has 7 heteroatoms. The van der Waals surface area contributed by atoms with Crippen LogP contribution in [0.4, 0.5) is 4.79 Å². The molecular formula is C15H19ClN2O3S. The van der Waals surface area contributed by atoms with Gasteiger partial charge in [0.2, 0.25) is 0 Å². The van der Waals surface area contributed by atoms with Crippen LogP contribution in [0, 0.1) is 0 Å². The summed E-state index contributed by atoms with van der Waals surface area (Å²) in [5, 5.41) is 2.35. The van der Waals surface area contributed by atoms with Crippen molar-refractivity contribution < 1.29 is 14.3 Å². The molecule has 1 atom stereocenters. The zero-order valence-corrected chi connectivity index (χ0v) is 14.0. The van der Waals surface area contributed by atoms with E-state index in [1.54, 1.807) is 6.07 Å². The molecule has 22 heavy (non-hydrogen) atoms. The monoisotopic (exact) mass is 342 g/mol. The van der Waals surface area contributed by atoms with Gasteiger partial charge < -0.3 is 9.64 Å². The van der Waals surface area contributed by atoms with Gasteiger partial charge in [0.1, 0.15) is 11.5 Å². The molecule has 5 nitrogen and oxygen atoms in total. The van der Waals surface area contributed by atoms with Gasteiger partial charge in [0, 0.05) is 19.1 Å². The van der Waals surface area contributed by atoms with Crippen molar-refractivity contribution in [1.29, 1.82) is 0 Å². The van der Waals surface area contributed by atoms with Gasteiger partial charge in [-0.2, -0.15) is 0 Å². The fraction of sp³-hybridized carbons (Fsp3) is 0.600.